The highest BCUT2D eigenvalue weighted by atomic mass is 16.4. The topological polar surface area (TPSA) is 55.1 Å². The maximum atomic E-state index is 10.8. The zero-order valence-electron chi connectivity index (χ0n) is 11.0. The number of hydrogen-bond acceptors (Lipinski definition) is 2. The predicted octanol–water partition coefficient (Wildman–Crippen LogP) is 2.50. The highest BCUT2D eigenvalue weighted by Gasteiger charge is 2.06. The van der Waals surface area contributed by atoms with E-state index < -0.39 is 5.97 Å². The van der Waals surface area contributed by atoms with Gasteiger partial charge in [-0.1, -0.05) is 6.07 Å². The van der Waals surface area contributed by atoms with E-state index in [1.54, 1.807) is 19.2 Å². The van der Waals surface area contributed by atoms with Gasteiger partial charge in [0, 0.05) is 42.8 Å². The number of carboxylic acids is 1. The van der Waals surface area contributed by atoms with Crippen molar-refractivity contribution in [3.63, 3.8) is 0 Å². The van der Waals surface area contributed by atoms with E-state index in [1.165, 1.54) is 0 Å². The van der Waals surface area contributed by atoms with Crippen LogP contribution in [-0.2, 0) is 18.3 Å². The lowest BCUT2D eigenvalue weighted by Crippen LogP contribution is -2.01. The molecule has 0 saturated heterocycles. The minimum absolute atomic E-state index is 0.328. The van der Waals surface area contributed by atoms with Crippen molar-refractivity contribution in [1.82, 2.24) is 9.55 Å². The smallest absolute Gasteiger partial charge is 0.331 e. The van der Waals surface area contributed by atoms with Crippen LogP contribution >= 0.6 is 0 Å². The molecular weight excluding hydrogens is 240 g/mol. The number of carboxylic acid groups (broad SMARTS) is 1. The molecule has 2 aromatic rings. The Bertz CT molecular complexity index is 612. The van der Waals surface area contributed by atoms with E-state index in [-0.39, 0.29) is 0 Å². The van der Waals surface area contributed by atoms with Gasteiger partial charge in [0.25, 0.3) is 0 Å². The monoisotopic (exact) mass is 256 g/mol. The van der Waals surface area contributed by atoms with Gasteiger partial charge in [0.1, 0.15) is 0 Å². The Hall–Kier alpha value is -2.36. The highest BCUT2D eigenvalue weighted by molar-refractivity contribution is 5.91. The summed E-state index contributed by atoms with van der Waals surface area (Å²) in [5, 5.41) is 8.89. The Labute approximate surface area is 112 Å². The van der Waals surface area contributed by atoms with Crippen LogP contribution in [-0.4, -0.2) is 20.6 Å². The molecule has 4 heteroatoms. The van der Waals surface area contributed by atoms with Crippen molar-refractivity contribution in [3.8, 4) is 0 Å². The van der Waals surface area contributed by atoms with Crippen LogP contribution in [0.5, 0.6) is 0 Å². The fourth-order valence-electron chi connectivity index (χ4n) is 1.89. The molecule has 0 bridgehead atoms. The molecular formula is C15H16N2O2. The summed E-state index contributed by atoms with van der Waals surface area (Å²) in [5.41, 5.74) is 3.47. The molecule has 0 aliphatic rings. The summed E-state index contributed by atoms with van der Waals surface area (Å²) >= 11 is 0. The van der Waals surface area contributed by atoms with E-state index in [1.807, 2.05) is 42.1 Å². The normalized spacial score (nSPS) is 11.6. The van der Waals surface area contributed by atoms with E-state index in [9.17, 15) is 4.79 Å². The lowest BCUT2D eigenvalue weighted by atomic mass is 10.2. The molecule has 2 heterocycles. The first-order valence-corrected chi connectivity index (χ1v) is 6.03. The van der Waals surface area contributed by atoms with Crippen molar-refractivity contribution in [2.75, 3.05) is 0 Å². The van der Waals surface area contributed by atoms with Crippen LogP contribution in [0.1, 0.15) is 23.9 Å². The van der Waals surface area contributed by atoms with E-state index in [4.69, 9.17) is 5.11 Å². The molecule has 0 fully saturated rings. The average molecular weight is 256 g/mol. The number of hydrogen-bond donors (Lipinski definition) is 1. The summed E-state index contributed by atoms with van der Waals surface area (Å²) in [4.78, 5) is 14.9. The molecule has 2 rings (SSSR count). The number of aromatic nitrogens is 2. The molecule has 19 heavy (non-hydrogen) atoms. The molecule has 0 saturated carbocycles. The minimum atomic E-state index is -0.894. The van der Waals surface area contributed by atoms with Gasteiger partial charge in [-0.05, 0) is 36.8 Å². The lowest BCUT2D eigenvalue weighted by molar-refractivity contribution is -0.132. The fourth-order valence-corrected chi connectivity index (χ4v) is 1.89. The molecule has 0 aliphatic carbocycles. The van der Waals surface area contributed by atoms with Gasteiger partial charge in [-0.2, -0.15) is 0 Å². The number of nitrogens with zero attached hydrogens (tertiary/aromatic N) is 2. The van der Waals surface area contributed by atoms with E-state index in [0.717, 1.165) is 23.4 Å². The van der Waals surface area contributed by atoms with Gasteiger partial charge in [0.2, 0.25) is 0 Å². The largest absolute Gasteiger partial charge is 0.478 e. The summed E-state index contributed by atoms with van der Waals surface area (Å²) in [6, 6.07) is 7.87. The first kappa shape index (κ1) is 13.1. The van der Waals surface area contributed by atoms with Crippen molar-refractivity contribution in [3.05, 3.63) is 59.2 Å². The van der Waals surface area contributed by atoms with Crippen LogP contribution in [0, 0.1) is 0 Å². The second-order valence-electron chi connectivity index (χ2n) is 4.48. The summed E-state index contributed by atoms with van der Waals surface area (Å²) in [6.45, 7) is 1.59. The zero-order chi connectivity index (χ0) is 13.8. The van der Waals surface area contributed by atoms with E-state index in [2.05, 4.69) is 4.98 Å². The van der Waals surface area contributed by atoms with Crippen molar-refractivity contribution in [2.24, 2.45) is 7.05 Å². The third kappa shape index (κ3) is 3.10. The molecule has 4 nitrogen and oxygen atoms in total. The summed E-state index contributed by atoms with van der Waals surface area (Å²) in [6.07, 6.45) is 6.04. The number of carbonyl (C=O) groups is 1. The molecule has 0 atom stereocenters. The Balaban J connectivity index is 2.24. The van der Waals surface area contributed by atoms with Crippen molar-refractivity contribution in [2.45, 2.75) is 13.3 Å². The quantitative estimate of drug-likeness (QED) is 0.855. The average Bonchev–Trinajstić information content (AvgIpc) is 2.73. The Morgan fingerprint density at radius 3 is 2.84 bits per heavy atom. The van der Waals surface area contributed by atoms with Gasteiger partial charge in [-0.3, -0.25) is 4.98 Å². The maximum Gasteiger partial charge on any atom is 0.331 e. The molecule has 1 N–H and O–H groups in total. The van der Waals surface area contributed by atoms with Crippen LogP contribution in [0.4, 0.5) is 0 Å². The first-order valence-electron chi connectivity index (χ1n) is 6.03. The summed E-state index contributed by atoms with van der Waals surface area (Å²) < 4.78 is 2.00. The second-order valence-corrected chi connectivity index (χ2v) is 4.48. The van der Waals surface area contributed by atoms with E-state index in [0.29, 0.717) is 5.57 Å². The van der Waals surface area contributed by atoms with Gasteiger partial charge in [-0.15, -0.1) is 0 Å². The third-order valence-corrected chi connectivity index (χ3v) is 3.07. The molecule has 2 aromatic heterocycles. The first-order chi connectivity index (χ1) is 9.08. The van der Waals surface area contributed by atoms with Crippen molar-refractivity contribution < 1.29 is 9.90 Å². The molecule has 0 radical (unpaired) electrons. The number of aliphatic carboxylic acids is 1. The predicted molar refractivity (Wildman–Crippen MR) is 73.7 cm³/mol. The fraction of sp³-hybridized carbons (Fsp3) is 0.200. The Morgan fingerprint density at radius 2 is 2.21 bits per heavy atom. The minimum Gasteiger partial charge on any atom is -0.478 e. The van der Waals surface area contributed by atoms with Gasteiger partial charge in [0.05, 0.1) is 0 Å². The maximum absolute atomic E-state index is 10.8. The van der Waals surface area contributed by atoms with Crippen molar-refractivity contribution >= 4 is 12.0 Å². The Kier molecular flexibility index (Phi) is 3.80. The summed E-state index contributed by atoms with van der Waals surface area (Å²) in [5.74, 6) is -0.894. The SMILES string of the molecule is C/C(=C/c1ccc(Cc2cccnc2)n1C)C(=O)O. The van der Waals surface area contributed by atoms with Gasteiger partial charge in [-0.25, -0.2) is 4.79 Å². The van der Waals surface area contributed by atoms with Crippen molar-refractivity contribution in [1.29, 1.82) is 0 Å². The standard InChI is InChI=1S/C15H16N2O2/c1-11(15(18)19)8-13-5-6-14(17(13)2)9-12-4-3-7-16-10-12/h3-8,10H,9H2,1-2H3,(H,18,19)/b11-8-. The highest BCUT2D eigenvalue weighted by Crippen LogP contribution is 2.14. The number of rotatable bonds is 4. The number of pyridine rings is 1. The molecule has 0 unspecified atom stereocenters. The third-order valence-electron chi connectivity index (χ3n) is 3.07. The van der Waals surface area contributed by atoms with E-state index >= 15 is 0 Å². The Morgan fingerprint density at radius 1 is 1.42 bits per heavy atom. The second kappa shape index (κ2) is 5.52. The molecule has 98 valence electrons. The van der Waals surface area contributed by atoms with Crippen LogP contribution in [0.25, 0.3) is 6.08 Å². The van der Waals surface area contributed by atoms with Gasteiger partial charge >= 0.3 is 5.97 Å². The zero-order valence-corrected chi connectivity index (χ0v) is 11.0. The van der Waals surface area contributed by atoms with Crippen LogP contribution in [0.3, 0.4) is 0 Å². The van der Waals surface area contributed by atoms with Crippen LogP contribution < -0.4 is 0 Å². The molecule has 0 spiro atoms. The summed E-state index contributed by atoms with van der Waals surface area (Å²) in [7, 11) is 1.94. The molecule has 0 aromatic carbocycles. The van der Waals surface area contributed by atoms with Crippen LogP contribution in [0.2, 0.25) is 0 Å². The van der Waals surface area contributed by atoms with Gasteiger partial charge in [0.15, 0.2) is 0 Å². The van der Waals surface area contributed by atoms with Crippen LogP contribution in [0.15, 0.2) is 42.2 Å². The molecule has 0 aliphatic heterocycles. The molecule has 0 amide bonds. The van der Waals surface area contributed by atoms with Gasteiger partial charge < -0.3 is 9.67 Å². The lowest BCUT2D eigenvalue weighted by Gasteiger charge is -2.05.